The van der Waals surface area contributed by atoms with Crippen LogP contribution in [0.2, 0.25) is 0 Å². The molecule has 1 rings (SSSR count). The molecule has 0 aliphatic rings. The minimum atomic E-state index is -3.62. The first-order valence-corrected chi connectivity index (χ1v) is 7.86. The summed E-state index contributed by atoms with van der Waals surface area (Å²) in [5.74, 6) is -1.11. The molecule has 8 heteroatoms. The lowest BCUT2D eigenvalue weighted by molar-refractivity contribution is 0.0702. The monoisotopic (exact) mass is 306 g/mol. The number of carboxylic acids is 1. The zero-order valence-corrected chi connectivity index (χ0v) is 13.0. The van der Waals surface area contributed by atoms with Gasteiger partial charge in [0.2, 0.25) is 10.0 Å². The Hall–Kier alpha value is -0.960. The number of hydrogen-bond donors (Lipinski definition) is 1. The second-order valence-corrected chi connectivity index (χ2v) is 7.74. The molecular weight excluding hydrogens is 288 g/mol. The largest absolute Gasteiger partial charge is 0.477 e. The second-order valence-electron chi connectivity index (χ2n) is 4.47. The first kappa shape index (κ1) is 16.1. The lowest BCUT2D eigenvalue weighted by Gasteiger charge is -2.19. The quantitative estimate of drug-likeness (QED) is 0.846. The minimum Gasteiger partial charge on any atom is -0.477 e. The minimum absolute atomic E-state index is 0.0390. The van der Waals surface area contributed by atoms with E-state index < -0.39 is 16.0 Å². The van der Waals surface area contributed by atoms with Crippen LogP contribution in [0.5, 0.6) is 0 Å². The van der Waals surface area contributed by atoms with E-state index in [1.165, 1.54) is 17.4 Å². The molecule has 0 aliphatic heterocycles. The number of carbonyl (C=O) groups is 1. The predicted octanol–water partition coefficient (Wildman–Crippen LogP) is 0.937. The van der Waals surface area contributed by atoms with Crippen molar-refractivity contribution >= 4 is 27.3 Å². The third-order valence-electron chi connectivity index (χ3n) is 2.63. The highest BCUT2D eigenvalue weighted by Gasteiger charge is 2.26. The third-order valence-corrected chi connectivity index (χ3v) is 5.78. The van der Waals surface area contributed by atoms with Gasteiger partial charge >= 0.3 is 5.97 Å². The second kappa shape index (κ2) is 6.00. The van der Waals surface area contributed by atoms with E-state index in [1.54, 1.807) is 6.92 Å². The van der Waals surface area contributed by atoms with Crippen molar-refractivity contribution in [2.24, 2.45) is 0 Å². The average molecular weight is 306 g/mol. The molecule has 0 amide bonds. The summed E-state index contributed by atoms with van der Waals surface area (Å²) in [6, 6.07) is 1.23. The Morgan fingerprint density at radius 2 is 1.89 bits per heavy atom. The van der Waals surface area contributed by atoms with Crippen LogP contribution in [0.1, 0.15) is 14.5 Å². The van der Waals surface area contributed by atoms with Crippen molar-refractivity contribution < 1.29 is 18.3 Å². The summed E-state index contributed by atoms with van der Waals surface area (Å²) in [6.07, 6.45) is 0. The summed E-state index contributed by atoms with van der Waals surface area (Å²) in [5, 5.41) is 8.90. The van der Waals surface area contributed by atoms with Gasteiger partial charge in [0.15, 0.2) is 0 Å². The standard InChI is InChI=1S/C11H18N2O4S2/c1-8-10(7-9(18-8)11(14)15)19(16,17)13(4)6-5-12(2)3/h7H,5-6H2,1-4H3,(H,14,15). The molecule has 0 saturated heterocycles. The molecule has 0 unspecified atom stereocenters. The van der Waals surface area contributed by atoms with E-state index in [-0.39, 0.29) is 9.77 Å². The van der Waals surface area contributed by atoms with Gasteiger partial charge in [-0.15, -0.1) is 11.3 Å². The van der Waals surface area contributed by atoms with Gasteiger partial charge in [0.05, 0.1) is 4.90 Å². The predicted molar refractivity (Wildman–Crippen MR) is 74.4 cm³/mol. The number of nitrogens with zero attached hydrogens (tertiary/aromatic N) is 2. The molecule has 1 aromatic heterocycles. The molecule has 1 heterocycles. The highest BCUT2D eigenvalue weighted by Crippen LogP contribution is 2.27. The van der Waals surface area contributed by atoms with E-state index in [1.807, 2.05) is 19.0 Å². The molecule has 19 heavy (non-hydrogen) atoms. The van der Waals surface area contributed by atoms with Gasteiger partial charge in [0, 0.05) is 25.0 Å². The molecule has 108 valence electrons. The summed E-state index contributed by atoms with van der Waals surface area (Å²) < 4.78 is 25.9. The van der Waals surface area contributed by atoms with Crippen LogP contribution in [0.25, 0.3) is 0 Å². The van der Waals surface area contributed by atoms with Gasteiger partial charge in [0.1, 0.15) is 4.88 Å². The molecular formula is C11H18N2O4S2. The molecule has 0 fully saturated rings. The summed E-state index contributed by atoms with van der Waals surface area (Å²) in [5.41, 5.74) is 0. The summed E-state index contributed by atoms with van der Waals surface area (Å²) in [6.45, 7) is 2.57. The van der Waals surface area contributed by atoms with Crippen LogP contribution in [-0.4, -0.2) is 62.9 Å². The molecule has 0 aliphatic carbocycles. The molecule has 0 aromatic carbocycles. The van der Waals surface area contributed by atoms with E-state index in [2.05, 4.69) is 0 Å². The van der Waals surface area contributed by atoms with Crippen LogP contribution in [0.4, 0.5) is 0 Å². The van der Waals surface area contributed by atoms with Crippen LogP contribution in [0, 0.1) is 6.92 Å². The van der Waals surface area contributed by atoms with E-state index in [4.69, 9.17) is 5.11 Å². The summed E-state index contributed by atoms with van der Waals surface area (Å²) in [4.78, 5) is 13.4. The molecule has 0 radical (unpaired) electrons. The fraction of sp³-hybridized carbons (Fsp3) is 0.545. The van der Waals surface area contributed by atoms with E-state index in [9.17, 15) is 13.2 Å². The van der Waals surface area contributed by atoms with Crippen molar-refractivity contribution in [2.45, 2.75) is 11.8 Å². The highest BCUT2D eigenvalue weighted by atomic mass is 32.2. The van der Waals surface area contributed by atoms with Gasteiger partial charge in [0.25, 0.3) is 0 Å². The summed E-state index contributed by atoms with van der Waals surface area (Å²) >= 11 is 0.975. The van der Waals surface area contributed by atoms with Crippen molar-refractivity contribution in [2.75, 3.05) is 34.2 Å². The number of sulfonamides is 1. The number of thiophene rings is 1. The first-order chi connectivity index (χ1) is 8.66. The van der Waals surface area contributed by atoms with Gasteiger partial charge in [-0.1, -0.05) is 0 Å². The highest BCUT2D eigenvalue weighted by molar-refractivity contribution is 7.89. The lowest BCUT2D eigenvalue weighted by Crippen LogP contribution is -2.33. The molecule has 1 N–H and O–H groups in total. The molecule has 0 bridgehead atoms. The molecule has 0 saturated carbocycles. The van der Waals surface area contributed by atoms with Crippen molar-refractivity contribution in [3.63, 3.8) is 0 Å². The maximum absolute atomic E-state index is 12.3. The van der Waals surface area contributed by atoms with Crippen LogP contribution in [0.15, 0.2) is 11.0 Å². The van der Waals surface area contributed by atoms with Gasteiger partial charge in [-0.25, -0.2) is 13.2 Å². The Bertz CT molecular complexity index is 563. The number of aromatic carboxylic acids is 1. The van der Waals surface area contributed by atoms with Crippen LogP contribution in [-0.2, 0) is 10.0 Å². The van der Waals surface area contributed by atoms with Crippen molar-refractivity contribution in [1.82, 2.24) is 9.21 Å². The van der Waals surface area contributed by atoms with E-state index in [0.29, 0.717) is 18.0 Å². The van der Waals surface area contributed by atoms with Gasteiger partial charge < -0.3 is 10.0 Å². The summed E-state index contributed by atoms with van der Waals surface area (Å²) in [7, 11) is 1.59. The fourth-order valence-electron chi connectivity index (χ4n) is 1.46. The fourth-order valence-corrected chi connectivity index (χ4v) is 4.01. The maximum atomic E-state index is 12.3. The molecule has 1 aromatic rings. The SMILES string of the molecule is Cc1sc(C(=O)O)cc1S(=O)(=O)N(C)CCN(C)C. The Balaban J connectivity index is 3.03. The molecule has 0 spiro atoms. The van der Waals surface area contributed by atoms with Crippen molar-refractivity contribution in [3.8, 4) is 0 Å². The average Bonchev–Trinajstić information content (AvgIpc) is 2.68. The first-order valence-electron chi connectivity index (χ1n) is 5.61. The van der Waals surface area contributed by atoms with Gasteiger partial charge in [-0.3, -0.25) is 0 Å². The molecule has 6 nitrogen and oxygen atoms in total. The Morgan fingerprint density at radius 3 is 2.32 bits per heavy atom. The Kier molecular flexibility index (Phi) is 5.08. The zero-order valence-electron chi connectivity index (χ0n) is 11.4. The molecule has 0 atom stereocenters. The maximum Gasteiger partial charge on any atom is 0.345 e. The van der Waals surface area contributed by atoms with Crippen molar-refractivity contribution in [3.05, 3.63) is 15.8 Å². The van der Waals surface area contributed by atoms with Gasteiger partial charge in [-0.05, 0) is 27.1 Å². The Labute approximate surface area is 117 Å². The normalized spacial score (nSPS) is 12.3. The topological polar surface area (TPSA) is 77.9 Å². The van der Waals surface area contributed by atoms with Gasteiger partial charge in [-0.2, -0.15) is 4.31 Å². The van der Waals surface area contributed by atoms with E-state index >= 15 is 0 Å². The zero-order chi connectivity index (χ0) is 14.8. The number of hydrogen-bond acceptors (Lipinski definition) is 5. The van der Waals surface area contributed by atoms with E-state index in [0.717, 1.165) is 11.3 Å². The smallest absolute Gasteiger partial charge is 0.345 e. The van der Waals surface area contributed by atoms with Crippen LogP contribution in [0.3, 0.4) is 0 Å². The van der Waals surface area contributed by atoms with Crippen LogP contribution < -0.4 is 0 Å². The number of likely N-dealkylation sites (N-methyl/N-ethyl adjacent to an activating group) is 2. The number of carboxylic acid groups (broad SMARTS) is 1. The number of aryl methyl sites for hydroxylation is 1. The lowest BCUT2D eigenvalue weighted by atomic mass is 10.4. The Morgan fingerprint density at radius 1 is 1.32 bits per heavy atom. The van der Waals surface area contributed by atoms with Crippen molar-refractivity contribution in [1.29, 1.82) is 0 Å². The van der Waals surface area contributed by atoms with Crippen LogP contribution >= 0.6 is 11.3 Å². The third kappa shape index (κ3) is 3.75. The number of rotatable bonds is 6.